The maximum Gasteiger partial charge on any atom is 0.352 e. The molecule has 1 N–H and O–H groups in total. The molecular weight excluding hydrogens is 256 g/mol. The second-order valence-corrected chi connectivity index (χ2v) is 5.91. The number of carbonyl (C=O) groups is 2. The highest BCUT2D eigenvalue weighted by molar-refractivity contribution is 5.86. The van der Waals surface area contributed by atoms with Crippen molar-refractivity contribution >= 4 is 11.9 Å². The molecule has 0 radical (unpaired) electrons. The maximum atomic E-state index is 12.4. The number of aromatic nitrogens is 1. The highest BCUT2D eigenvalue weighted by atomic mass is 16.4. The Hall–Kier alpha value is -1.78. The van der Waals surface area contributed by atoms with Crippen molar-refractivity contribution in [2.24, 2.45) is 11.8 Å². The summed E-state index contributed by atoms with van der Waals surface area (Å²) in [4.78, 5) is 25.2. The van der Waals surface area contributed by atoms with Gasteiger partial charge < -0.3 is 14.6 Å². The first-order valence-electron chi connectivity index (χ1n) is 6.97. The van der Waals surface area contributed by atoms with Crippen molar-refractivity contribution in [1.82, 2.24) is 9.47 Å². The second kappa shape index (κ2) is 7.12. The number of rotatable bonds is 7. The van der Waals surface area contributed by atoms with E-state index in [1.807, 2.05) is 4.90 Å². The molecule has 0 spiro atoms. The molecule has 0 aromatic carbocycles. The van der Waals surface area contributed by atoms with Crippen LogP contribution in [0.4, 0.5) is 0 Å². The second-order valence-electron chi connectivity index (χ2n) is 5.91. The number of hydrogen-bond acceptors (Lipinski definition) is 2. The van der Waals surface area contributed by atoms with Crippen LogP contribution in [-0.4, -0.2) is 39.5 Å². The molecule has 1 amide bonds. The first kappa shape index (κ1) is 16.3. The van der Waals surface area contributed by atoms with Crippen LogP contribution in [0, 0.1) is 11.8 Å². The lowest BCUT2D eigenvalue weighted by Gasteiger charge is -2.26. The van der Waals surface area contributed by atoms with Crippen LogP contribution in [0.2, 0.25) is 0 Å². The predicted molar refractivity (Wildman–Crippen MR) is 77.6 cm³/mol. The van der Waals surface area contributed by atoms with Gasteiger partial charge >= 0.3 is 5.97 Å². The molecule has 1 aromatic rings. The van der Waals surface area contributed by atoms with Crippen molar-refractivity contribution in [2.75, 3.05) is 13.1 Å². The molecule has 5 nitrogen and oxygen atoms in total. The summed E-state index contributed by atoms with van der Waals surface area (Å²) in [5.41, 5.74) is 0.146. The Morgan fingerprint density at radius 3 is 2.20 bits per heavy atom. The van der Waals surface area contributed by atoms with Crippen LogP contribution in [0.25, 0.3) is 0 Å². The van der Waals surface area contributed by atoms with Crippen LogP contribution in [0.15, 0.2) is 18.3 Å². The van der Waals surface area contributed by atoms with Gasteiger partial charge in [-0.2, -0.15) is 0 Å². The monoisotopic (exact) mass is 280 g/mol. The molecule has 112 valence electrons. The average molecular weight is 280 g/mol. The molecule has 5 heteroatoms. The fourth-order valence-electron chi connectivity index (χ4n) is 2.15. The Balaban J connectivity index is 2.79. The summed E-state index contributed by atoms with van der Waals surface area (Å²) in [5.74, 6) is -0.268. The standard InChI is InChI=1S/C15H24N2O3/c1-11(2)8-17(9-12(3)4)14(18)10-16-7-5-6-13(16)15(19)20/h5-7,11-12H,8-10H2,1-4H3,(H,19,20). The van der Waals surface area contributed by atoms with Gasteiger partial charge in [-0.05, 0) is 24.0 Å². The Bertz CT molecular complexity index is 453. The normalized spacial score (nSPS) is 11.1. The molecule has 20 heavy (non-hydrogen) atoms. The quantitative estimate of drug-likeness (QED) is 0.833. The van der Waals surface area contributed by atoms with Gasteiger partial charge in [0.25, 0.3) is 0 Å². The zero-order valence-corrected chi connectivity index (χ0v) is 12.7. The van der Waals surface area contributed by atoms with Crippen LogP contribution in [0.5, 0.6) is 0 Å². The third-order valence-corrected chi connectivity index (χ3v) is 2.88. The molecule has 0 fully saturated rings. The van der Waals surface area contributed by atoms with Crippen LogP contribution in [0.1, 0.15) is 38.2 Å². The Morgan fingerprint density at radius 2 is 1.75 bits per heavy atom. The molecule has 0 aliphatic heterocycles. The van der Waals surface area contributed by atoms with E-state index in [1.54, 1.807) is 12.3 Å². The zero-order valence-electron chi connectivity index (χ0n) is 12.7. The van der Waals surface area contributed by atoms with Crippen LogP contribution in [-0.2, 0) is 11.3 Å². The van der Waals surface area contributed by atoms with Crippen molar-refractivity contribution in [3.05, 3.63) is 24.0 Å². The number of carboxylic acid groups (broad SMARTS) is 1. The van der Waals surface area contributed by atoms with Gasteiger partial charge in [-0.1, -0.05) is 27.7 Å². The van der Waals surface area contributed by atoms with Crippen molar-refractivity contribution in [3.8, 4) is 0 Å². The lowest BCUT2D eigenvalue weighted by Crippen LogP contribution is -2.39. The lowest BCUT2D eigenvalue weighted by atomic mass is 10.1. The highest BCUT2D eigenvalue weighted by Gasteiger charge is 2.18. The first-order valence-corrected chi connectivity index (χ1v) is 6.97. The predicted octanol–water partition coefficient (Wildman–Crippen LogP) is 2.33. The summed E-state index contributed by atoms with van der Waals surface area (Å²) in [6, 6.07) is 3.15. The van der Waals surface area contributed by atoms with Gasteiger partial charge in [-0.15, -0.1) is 0 Å². The lowest BCUT2D eigenvalue weighted by molar-refractivity contribution is -0.132. The molecule has 0 atom stereocenters. The summed E-state index contributed by atoms with van der Waals surface area (Å²) in [6.07, 6.45) is 1.63. The van der Waals surface area contributed by atoms with E-state index in [1.165, 1.54) is 10.6 Å². The minimum Gasteiger partial charge on any atom is -0.477 e. The molecule has 0 aliphatic rings. The van der Waals surface area contributed by atoms with Gasteiger partial charge in [0.1, 0.15) is 12.2 Å². The van der Waals surface area contributed by atoms with Gasteiger partial charge in [0, 0.05) is 19.3 Å². The zero-order chi connectivity index (χ0) is 15.3. The number of amides is 1. The molecule has 0 aliphatic carbocycles. The Morgan fingerprint density at radius 1 is 1.20 bits per heavy atom. The van der Waals surface area contributed by atoms with E-state index in [9.17, 15) is 9.59 Å². The fourth-order valence-corrected chi connectivity index (χ4v) is 2.15. The topological polar surface area (TPSA) is 62.5 Å². The van der Waals surface area contributed by atoms with Crippen molar-refractivity contribution < 1.29 is 14.7 Å². The molecule has 0 saturated heterocycles. The van der Waals surface area contributed by atoms with E-state index in [0.717, 1.165) is 0 Å². The summed E-state index contributed by atoms with van der Waals surface area (Å²) < 4.78 is 1.48. The largest absolute Gasteiger partial charge is 0.477 e. The number of nitrogens with zero attached hydrogens (tertiary/aromatic N) is 2. The molecule has 1 rings (SSSR count). The fraction of sp³-hybridized carbons (Fsp3) is 0.600. The van der Waals surface area contributed by atoms with Gasteiger partial charge in [-0.25, -0.2) is 4.79 Å². The van der Waals surface area contributed by atoms with E-state index in [2.05, 4.69) is 27.7 Å². The number of carbonyl (C=O) groups excluding carboxylic acids is 1. The van der Waals surface area contributed by atoms with E-state index in [0.29, 0.717) is 24.9 Å². The van der Waals surface area contributed by atoms with Gasteiger partial charge in [0.2, 0.25) is 5.91 Å². The number of hydrogen-bond donors (Lipinski definition) is 1. The minimum atomic E-state index is -1.01. The summed E-state index contributed by atoms with van der Waals surface area (Å²) >= 11 is 0. The average Bonchev–Trinajstić information content (AvgIpc) is 2.74. The number of carboxylic acids is 1. The molecular formula is C15H24N2O3. The Kier molecular flexibility index (Phi) is 5.80. The summed E-state index contributed by atoms with van der Waals surface area (Å²) in [7, 11) is 0. The van der Waals surface area contributed by atoms with E-state index in [-0.39, 0.29) is 18.1 Å². The van der Waals surface area contributed by atoms with E-state index < -0.39 is 5.97 Å². The van der Waals surface area contributed by atoms with E-state index in [4.69, 9.17) is 5.11 Å². The molecule has 1 heterocycles. The third-order valence-electron chi connectivity index (χ3n) is 2.88. The first-order chi connectivity index (χ1) is 9.31. The molecule has 0 saturated carbocycles. The van der Waals surface area contributed by atoms with Gasteiger partial charge in [0.15, 0.2) is 0 Å². The van der Waals surface area contributed by atoms with Gasteiger partial charge in [-0.3, -0.25) is 4.79 Å². The number of aromatic carboxylic acids is 1. The maximum absolute atomic E-state index is 12.4. The summed E-state index contributed by atoms with van der Waals surface area (Å²) in [5, 5.41) is 9.05. The minimum absolute atomic E-state index is 0.0360. The van der Waals surface area contributed by atoms with Crippen molar-refractivity contribution in [3.63, 3.8) is 0 Å². The Labute approximate surface area is 120 Å². The highest BCUT2D eigenvalue weighted by Crippen LogP contribution is 2.08. The molecule has 0 bridgehead atoms. The SMILES string of the molecule is CC(C)CN(CC(C)C)C(=O)Cn1cccc1C(=O)O. The molecule has 0 unspecified atom stereocenters. The van der Waals surface area contributed by atoms with Crippen LogP contribution < -0.4 is 0 Å². The molecule has 1 aromatic heterocycles. The third kappa shape index (κ3) is 4.72. The summed E-state index contributed by atoms with van der Waals surface area (Å²) in [6.45, 7) is 9.74. The van der Waals surface area contributed by atoms with Gasteiger partial charge in [0.05, 0.1) is 0 Å². The van der Waals surface area contributed by atoms with Crippen molar-refractivity contribution in [2.45, 2.75) is 34.2 Å². The van der Waals surface area contributed by atoms with E-state index >= 15 is 0 Å². The van der Waals surface area contributed by atoms with Crippen LogP contribution >= 0.6 is 0 Å². The van der Waals surface area contributed by atoms with Crippen LogP contribution in [0.3, 0.4) is 0 Å². The smallest absolute Gasteiger partial charge is 0.352 e. The van der Waals surface area contributed by atoms with Crippen molar-refractivity contribution in [1.29, 1.82) is 0 Å².